The average Bonchev–Trinajstić information content (AvgIpc) is 2.92. The second kappa shape index (κ2) is 9.21. The van der Waals surface area contributed by atoms with Crippen molar-refractivity contribution in [2.75, 3.05) is 19.6 Å². The van der Waals surface area contributed by atoms with Crippen molar-refractivity contribution in [2.24, 2.45) is 5.92 Å². The number of amides is 1. The number of ether oxygens (including phenoxy) is 2. The molecule has 1 aromatic rings. The number of nitrogens with zero attached hydrogens (tertiary/aromatic N) is 2. The maximum absolute atomic E-state index is 12.1. The summed E-state index contributed by atoms with van der Waals surface area (Å²) in [5.41, 5.74) is -0.483. The van der Waals surface area contributed by atoms with Crippen LogP contribution in [0.1, 0.15) is 47.5 Å². The molecule has 1 aromatic heterocycles. The number of hydrogen-bond acceptors (Lipinski definition) is 5. The van der Waals surface area contributed by atoms with Crippen molar-refractivity contribution in [3.05, 3.63) is 24.5 Å². The van der Waals surface area contributed by atoms with Gasteiger partial charge in [-0.15, -0.1) is 0 Å². The Labute approximate surface area is 157 Å². The summed E-state index contributed by atoms with van der Waals surface area (Å²) < 4.78 is 11.4. The molecule has 2 atom stereocenters. The highest BCUT2D eigenvalue weighted by Crippen LogP contribution is 2.19. The zero-order valence-corrected chi connectivity index (χ0v) is 16.7. The molecule has 0 spiro atoms. The number of carbonyl (C=O) groups is 1. The summed E-state index contributed by atoms with van der Waals surface area (Å²) in [5.74, 6) is 1.36. The molecule has 0 radical (unpaired) electrons. The van der Waals surface area contributed by atoms with Crippen LogP contribution in [0.2, 0.25) is 0 Å². The molecule has 1 N–H and O–H groups in total. The molecule has 6 heteroatoms. The summed E-state index contributed by atoms with van der Waals surface area (Å²) in [4.78, 5) is 18.5. The Kier molecular flexibility index (Phi) is 7.26. The number of likely N-dealkylation sites (tertiary alicyclic amines) is 1. The van der Waals surface area contributed by atoms with Crippen molar-refractivity contribution in [3.8, 4) is 5.75 Å². The summed E-state index contributed by atoms with van der Waals surface area (Å²) in [6, 6.07) is 3.84. The first-order chi connectivity index (χ1) is 12.2. The predicted octanol–water partition coefficient (Wildman–Crippen LogP) is 3.47. The van der Waals surface area contributed by atoms with Crippen LogP contribution >= 0.6 is 0 Å². The molecular weight excluding hydrogens is 330 g/mol. The number of hydrogen-bond donors (Lipinski definition) is 1. The third-order valence-corrected chi connectivity index (χ3v) is 4.14. The summed E-state index contributed by atoms with van der Waals surface area (Å²) in [6.45, 7) is 12.6. The van der Waals surface area contributed by atoms with E-state index < -0.39 is 5.60 Å². The summed E-state index contributed by atoms with van der Waals surface area (Å²) in [5, 5.41) is 3.04. The largest absolute Gasteiger partial charge is 0.489 e. The van der Waals surface area contributed by atoms with E-state index in [0.29, 0.717) is 5.92 Å². The lowest BCUT2D eigenvalue weighted by molar-refractivity contribution is 0.0486. The van der Waals surface area contributed by atoms with E-state index in [1.165, 1.54) is 0 Å². The minimum Gasteiger partial charge on any atom is -0.489 e. The first kappa shape index (κ1) is 20.5. The van der Waals surface area contributed by atoms with Gasteiger partial charge in [0, 0.05) is 38.1 Å². The number of carbonyl (C=O) groups excluding carboxylic acids is 1. The van der Waals surface area contributed by atoms with Gasteiger partial charge in [0.15, 0.2) is 0 Å². The van der Waals surface area contributed by atoms with Gasteiger partial charge in [-0.05, 0) is 51.7 Å². The number of rotatable bonds is 7. The van der Waals surface area contributed by atoms with E-state index in [1.807, 2.05) is 32.9 Å². The topological polar surface area (TPSA) is 63.7 Å². The third kappa shape index (κ3) is 7.60. The van der Waals surface area contributed by atoms with E-state index in [4.69, 9.17) is 9.47 Å². The average molecular weight is 364 g/mol. The highest BCUT2D eigenvalue weighted by atomic mass is 16.6. The Hall–Kier alpha value is -1.82. The molecule has 146 valence electrons. The van der Waals surface area contributed by atoms with Gasteiger partial charge in [-0.1, -0.05) is 13.8 Å². The van der Waals surface area contributed by atoms with Gasteiger partial charge in [0.25, 0.3) is 0 Å². The maximum Gasteiger partial charge on any atom is 0.407 e. The molecule has 2 heterocycles. The number of pyridine rings is 1. The van der Waals surface area contributed by atoms with Gasteiger partial charge >= 0.3 is 6.09 Å². The van der Waals surface area contributed by atoms with Crippen molar-refractivity contribution in [1.82, 2.24) is 15.2 Å². The van der Waals surface area contributed by atoms with Gasteiger partial charge in [-0.3, -0.25) is 9.88 Å². The monoisotopic (exact) mass is 363 g/mol. The fraction of sp³-hybridized carbons (Fsp3) is 0.700. The van der Waals surface area contributed by atoms with Gasteiger partial charge in [-0.25, -0.2) is 4.79 Å². The van der Waals surface area contributed by atoms with Crippen LogP contribution in [0.3, 0.4) is 0 Å². The second-order valence-corrected chi connectivity index (χ2v) is 8.44. The standard InChI is InChI=1S/C20H33N3O3/c1-15(2)12-16(22-19(24)26-20(3,4)5)13-23-11-8-18(14-23)25-17-6-9-21-10-7-17/h6-7,9-10,15-16,18H,8,11-14H2,1-5H3,(H,22,24)/t16-,18+/m0/s1. The lowest BCUT2D eigenvalue weighted by Gasteiger charge is -2.27. The third-order valence-electron chi connectivity index (χ3n) is 4.14. The first-order valence-electron chi connectivity index (χ1n) is 9.50. The Bertz CT molecular complexity index is 557. The van der Waals surface area contributed by atoms with Crippen LogP contribution in [0.5, 0.6) is 5.75 Å². The molecule has 0 aromatic carbocycles. The van der Waals surface area contributed by atoms with Gasteiger partial charge in [0.2, 0.25) is 0 Å². The molecule has 0 aliphatic carbocycles. The van der Waals surface area contributed by atoms with Crippen molar-refractivity contribution >= 4 is 6.09 Å². The van der Waals surface area contributed by atoms with Crippen molar-refractivity contribution in [3.63, 3.8) is 0 Å². The minimum absolute atomic E-state index is 0.0736. The van der Waals surface area contributed by atoms with E-state index in [1.54, 1.807) is 12.4 Å². The molecule has 1 aliphatic rings. The molecule has 26 heavy (non-hydrogen) atoms. The highest BCUT2D eigenvalue weighted by Gasteiger charge is 2.28. The van der Waals surface area contributed by atoms with Crippen LogP contribution in [-0.4, -0.2) is 53.4 Å². The molecule has 1 amide bonds. The van der Waals surface area contributed by atoms with E-state index in [0.717, 1.165) is 38.2 Å². The fourth-order valence-electron chi connectivity index (χ4n) is 3.20. The van der Waals surface area contributed by atoms with Gasteiger partial charge in [-0.2, -0.15) is 0 Å². The van der Waals surface area contributed by atoms with Crippen molar-refractivity contribution in [2.45, 2.75) is 65.2 Å². The number of nitrogens with one attached hydrogen (secondary N) is 1. The smallest absolute Gasteiger partial charge is 0.407 e. The Morgan fingerprint density at radius 3 is 2.65 bits per heavy atom. The Balaban J connectivity index is 1.85. The van der Waals surface area contributed by atoms with Crippen LogP contribution in [0, 0.1) is 5.92 Å². The lowest BCUT2D eigenvalue weighted by Crippen LogP contribution is -2.46. The summed E-state index contributed by atoms with van der Waals surface area (Å²) >= 11 is 0. The molecule has 1 aliphatic heterocycles. The van der Waals surface area contributed by atoms with Crippen LogP contribution < -0.4 is 10.1 Å². The highest BCUT2D eigenvalue weighted by molar-refractivity contribution is 5.68. The SMILES string of the molecule is CC(C)C[C@@H](CN1CC[C@@H](Oc2ccncc2)C1)NC(=O)OC(C)(C)C. The van der Waals surface area contributed by atoms with E-state index >= 15 is 0 Å². The predicted molar refractivity (Wildman–Crippen MR) is 102 cm³/mol. The normalized spacial score (nSPS) is 19.4. The van der Waals surface area contributed by atoms with Gasteiger partial charge < -0.3 is 14.8 Å². The maximum atomic E-state index is 12.1. The molecule has 2 rings (SSSR count). The van der Waals surface area contributed by atoms with E-state index in [2.05, 4.69) is 29.0 Å². The van der Waals surface area contributed by atoms with E-state index in [9.17, 15) is 4.79 Å². The lowest BCUT2D eigenvalue weighted by atomic mass is 10.0. The molecule has 6 nitrogen and oxygen atoms in total. The molecule has 1 fully saturated rings. The zero-order chi connectivity index (χ0) is 19.2. The van der Waals surface area contributed by atoms with Crippen molar-refractivity contribution in [1.29, 1.82) is 0 Å². The second-order valence-electron chi connectivity index (χ2n) is 8.44. The van der Waals surface area contributed by atoms with Crippen LogP contribution in [0.15, 0.2) is 24.5 Å². The Morgan fingerprint density at radius 1 is 1.35 bits per heavy atom. The molecule has 0 bridgehead atoms. The zero-order valence-electron chi connectivity index (χ0n) is 16.7. The van der Waals surface area contributed by atoms with Gasteiger partial charge in [0.05, 0.1) is 0 Å². The van der Waals surface area contributed by atoms with E-state index in [-0.39, 0.29) is 18.2 Å². The van der Waals surface area contributed by atoms with Crippen molar-refractivity contribution < 1.29 is 14.3 Å². The van der Waals surface area contributed by atoms with Crippen LogP contribution in [0.25, 0.3) is 0 Å². The quantitative estimate of drug-likeness (QED) is 0.803. The summed E-state index contributed by atoms with van der Waals surface area (Å²) in [6.07, 6.45) is 5.23. The Morgan fingerprint density at radius 2 is 2.04 bits per heavy atom. The molecule has 0 saturated carbocycles. The molecular formula is C20H33N3O3. The van der Waals surface area contributed by atoms with Crippen LogP contribution in [-0.2, 0) is 4.74 Å². The number of aromatic nitrogens is 1. The summed E-state index contributed by atoms with van der Waals surface area (Å²) in [7, 11) is 0. The fourth-order valence-corrected chi connectivity index (χ4v) is 3.20. The minimum atomic E-state index is -0.483. The molecule has 1 saturated heterocycles. The molecule has 0 unspecified atom stereocenters. The number of alkyl carbamates (subject to hydrolysis) is 1. The first-order valence-corrected chi connectivity index (χ1v) is 9.50. The van der Waals surface area contributed by atoms with Gasteiger partial charge in [0.1, 0.15) is 17.5 Å². The van der Waals surface area contributed by atoms with Crippen LogP contribution in [0.4, 0.5) is 4.79 Å².